The summed E-state index contributed by atoms with van der Waals surface area (Å²) in [4.78, 5) is 9.58. The van der Waals surface area contributed by atoms with E-state index in [1.165, 1.54) is 12.8 Å². The molecule has 1 aliphatic heterocycles. The van der Waals surface area contributed by atoms with E-state index >= 15 is 0 Å². The maximum absolute atomic E-state index is 5.67. The first-order valence-corrected chi connectivity index (χ1v) is 9.22. The van der Waals surface area contributed by atoms with Crippen LogP contribution in [0.15, 0.2) is 27.8 Å². The lowest BCUT2D eigenvalue weighted by molar-refractivity contribution is 0.221. The number of nitrogens with one attached hydrogen (secondary N) is 2. The second-order valence-corrected chi connectivity index (χ2v) is 6.32. The average molecular weight is 335 g/mol. The third kappa shape index (κ3) is 5.83. The third-order valence-corrected chi connectivity index (χ3v) is 4.55. The molecule has 2 heterocycles. The monoisotopic (exact) mass is 335 g/mol. The molecule has 1 aliphatic rings. The fourth-order valence-electron chi connectivity index (χ4n) is 2.96. The van der Waals surface area contributed by atoms with Crippen molar-refractivity contribution < 1.29 is 4.42 Å². The number of likely N-dealkylation sites (N-methyl/N-ethyl adjacent to an activating group) is 1. The van der Waals surface area contributed by atoms with Gasteiger partial charge < -0.3 is 20.0 Å². The quantitative estimate of drug-likeness (QED) is 0.533. The Kier molecular flexibility index (Phi) is 8.12. The highest BCUT2D eigenvalue weighted by molar-refractivity contribution is 5.79. The van der Waals surface area contributed by atoms with E-state index in [1.54, 1.807) is 6.26 Å². The Morgan fingerprint density at radius 1 is 1.33 bits per heavy atom. The number of furan rings is 1. The molecule has 2 rings (SSSR count). The van der Waals surface area contributed by atoms with Gasteiger partial charge in [-0.1, -0.05) is 6.92 Å². The Hall–Kier alpha value is -1.53. The molecule has 0 spiro atoms. The fourth-order valence-corrected chi connectivity index (χ4v) is 2.96. The molecule has 24 heavy (non-hydrogen) atoms. The lowest BCUT2D eigenvalue weighted by atomic mass is 10.2. The zero-order valence-corrected chi connectivity index (χ0v) is 15.4. The van der Waals surface area contributed by atoms with Crippen molar-refractivity contribution in [3.8, 4) is 0 Å². The number of rotatable bonds is 9. The Bertz CT molecular complexity index is 468. The second kappa shape index (κ2) is 10.4. The summed E-state index contributed by atoms with van der Waals surface area (Å²) < 4.78 is 5.67. The van der Waals surface area contributed by atoms with E-state index in [2.05, 4.69) is 47.4 Å². The highest BCUT2D eigenvalue weighted by atomic mass is 16.3. The minimum atomic E-state index is 0.233. The highest BCUT2D eigenvalue weighted by Gasteiger charge is 2.25. The Balaban J connectivity index is 1.95. The summed E-state index contributed by atoms with van der Waals surface area (Å²) in [7, 11) is 2.13. The molecule has 6 heteroatoms. The van der Waals surface area contributed by atoms with Gasteiger partial charge in [-0.2, -0.15) is 0 Å². The summed E-state index contributed by atoms with van der Waals surface area (Å²) in [5, 5.41) is 6.76. The molecule has 2 N–H and O–H groups in total. The molecule has 0 aromatic carbocycles. The zero-order chi connectivity index (χ0) is 17.2. The van der Waals surface area contributed by atoms with Gasteiger partial charge in [0, 0.05) is 19.6 Å². The van der Waals surface area contributed by atoms with E-state index in [4.69, 9.17) is 9.41 Å². The van der Waals surface area contributed by atoms with E-state index in [0.717, 1.165) is 51.0 Å². The van der Waals surface area contributed by atoms with Crippen LogP contribution in [0.1, 0.15) is 38.5 Å². The van der Waals surface area contributed by atoms with Gasteiger partial charge in [-0.15, -0.1) is 0 Å². The molecule has 0 aliphatic carbocycles. The number of aliphatic imine (C=N–C) groups is 1. The molecule has 0 amide bonds. The van der Waals surface area contributed by atoms with E-state index in [9.17, 15) is 0 Å². The molecule has 0 saturated carbocycles. The van der Waals surface area contributed by atoms with Crippen molar-refractivity contribution in [1.82, 2.24) is 20.4 Å². The summed E-state index contributed by atoms with van der Waals surface area (Å²) in [6.45, 7) is 11.1. The fraction of sp³-hybridized carbons (Fsp3) is 0.722. The molecule has 1 atom stereocenters. The molecule has 6 nitrogen and oxygen atoms in total. The van der Waals surface area contributed by atoms with Crippen molar-refractivity contribution in [2.24, 2.45) is 4.99 Å². The first-order chi connectivity index (χ1) is 11.7. The van der Waals surface area contributed by atoms with Crippen molar-refractivity contribution >= 4 is 5.96 Å². The largest absolute Gasteiger partial charge is 0.468 e. The van der Waals surface area contributed by atoms with Crippen LogP contribution in [0.2, 0.25) is 0 Å². The van der Waals surface area contributed by atoms with Crippen LogP contribution in [0.5, 0.6) is 0 Å². The van der Waals surface area contributed by atoms with Gasteiger partial charge in [-0.3, -0.25) is 9.89 Å². The molecule has 136 valence electrons. The van der Waals surface area contributed by atoms with Gasteiger partial charge in [0.25, 0.3) is 0 Å². The molecule has 1 saturated heterocycles. The van der Waals surface area contributed by atoms with Crippen molar-refractivity contribution in [3.63, 3.8) is 0 Å². The smallest absolute Gasteiger partial charge is 0.191 e. The number of guanidine groups is 1. The van der Waals surface area contributed by atoms with Crippen molar-refractivity contribution in [1.29, 1.82) is 0 Å². The van der Waals surface area contributed by atoms with Gasteiger partial charge in [0.1, 0.15) is 5.76 Å². The van der Waals surface area contributed by atoms with Crippen LogP contribution in [0.4, 0.5) is 0 Å². The predicted octanol–water partition coefficient (Wildman–Crippen LogP) is 1.92. The Morgan fingerprint density at radius 3 is 2.75 bits per heavy atom. The van der Waals surface area contributed by atoms with Crippen LogP contribution < -0.4 is 10.6 Å². The van der Waals surface area contributed by atoms with Crippen LogP contribution in [-0.4, -0.2) is 68.6 Å². The van der Waals surface area contributed by atoms with Crippen LogP contribution in [0, 0.1) is 0 Å². The number of hydrogen-bond donors (Lipinski definition) is 2. The van der Waals surface area contributed by atoms with Crippen LogP contribution in [0.3, 0.4) is 0 Å². The van der Waals surface area contributed by atoms with Gasteiger partial charge in [0.05, 0.1) is 18.8 Å². The van der Waals surface area contributed by atoms with Gasteiger partial charge in [0.15, 0.2) is 5.96 Å². The molecule has 1 fully saturated rings. The van der Waals surface area contributed by atoms with Crippen LogP contribution >= 0.6 is 0 Å². The summed E-state index contributed by atoms with van der Waals surface area (Å²) in [6, 6.07) is 4.26. The minimum Gasteiger partial charge on any atom is -0.468 e. The first-order valence-electron chi connectivity index (χ1n) is 9.22. The zero-order valence-electron chi connectivity index (χ0n) is 15.4. The van der Waals surface area contributed by atoms with Crippen molar-refractivity contribution in [2.45, 2.75) is 32.7 Å². The van der Waals surface area contributed by atoms with Gasteiger partial charge in [0.2, 0.25) is 0 Å². The maximum atomic E-state index is 5.67. The van der Waals surface area contributed by atoms with Gasteiger partial charge in [-0.25, -0.2) is 0 Å². The van der Waals surface area contributed by atoms with Crippen molar-refractivity contribution in [3.05, 3.63) is 24.2 Å². The lowest BCUT2D eigenvalue weighted by Crippen LogP contribution is -2.41. The number of likely N-dealkylation sites (tertiary alicyclic amines) is 1. The summed E-state index contributed by atoms with van der Waals surface area (Å²) in [6.07, 6.45) is 4.29. The molecular formula is C18H33N5O. The average Bonchev–Trinajstić information content (AvgIpc) is 3.29. The highest BCUT2D eigenvalue weighted by Crippen LogP contribution is 2.25. The summed E-state index contributed by atoms with van der Waals surface area (Å²) in [5.74, 6) is 1.90. The van der Waals surface area contributed by atoms with Crippen LogP contribution in [-0.2, 0) is 0 Å². The standard InChI is InChI=1S/C18H33N5O/c1-4-19-18(20-10-13-22(3)5-2)21-15-16(17-9-8-14-24-17)23-11-6-7-12-23/h8-9,14,16H,4-7,10-13,15H2,1-3H3,(H2,19,20,21). The third-order valence-electron chi connectivity index (χ3n) is 4.55. The predicted molar refractivity (Wildman–Crippen MR) is 99.4 cm³/mol. The van der Waals surface area contributed by atoms with E-state index in [-0.39, 0.29) is 6.04 Å². The van der Waals surface area contributed by atoms with Gasteiger partial charge in [-0.05, 0) is 58.6 Å². The summed E-state index contributed by atoms with van der Waals surface area (Å²) >= 11 is 0. The normalized spacial score (nSPS) is 17.4. The Labute approximate surface area is 146 Å². The van der Waals surface area contributed by atoms with Crippen molar-refractivity contribution in [2.75, 3.05) is 52.9 Å². The minimum absolute atomic E-state index is 0.233. The molecular weight excluding hydrogens is 302 g/mol. The van der Waals surface area contributed by atoms with E-state index in [0.29, 0.717) is 6.54 Å². The second-order valence-electron chi connectivity index (χ2n) is 6.32. The lowest BCUT2D eigenvalue weighted by Gasteiger charge is -2.24. The van der Waals surface area contributed by atoms with E-state index < -0.39 is 0 Å². The molecule has 0 bridgehead atoms. The first kappa shape index (κ1) is 18.8. The molecule has 1 unspecified atom stereocenters. The van der Waals surface area contributed by atoms with Crippen LogP contribution in [0.25, 0.3) is 0 Å². The molecule has 1 aromatic rings. The molecule has 1 aromatic heterocycles. The summed E-state index contributed by atoms with van der Waals surface area (Å²) in [5.41, 5.74) is 0. The van der Waals surface area contributed by atoms with E-state index in [1.807, 2.05) is 6.07 Å². The number of nitrogens with zero attached hydrogens (tertiary/aromatic N) is 3. The Morgan fingerprint density at radius 2 is 2.12 bits per heavy atom. The maximum Gasteiger partial charge on any atom is 0.191 e. The SMILES string of the molecule is CCNC(=NCC(c1ccco1)N1CCCC1)NCCN(C)CC. The number of hydrogen-bond acceptors (Lipinski definition) is 4. The topological polar surface area (TPSA) is 56.0 Å². The van der Waals surface area contributed by atoms with Gasteiger partial charge >= 0.3 is 0 Å². The molecule has 0 radical (unpaired) electrons.